The molecule has 0 saturated heterocycles. The summed E-state index contributed by atoms with van der Waals surface area (Å²) in [5.41, 5.74) is 9.07. The van der Waals surface area contributed by atoms with Crippen molar-refractivity contribution in [3.05, 3.63) is 83.8 Å². The standard InChI is InChI=1S/C27H29N7O3.C2H4O2/c1-3-37-25(35)13-15-34(23-6-4-5-14-30-23)27(36)19-9-12-22-21(16-19)32-24(33(22)2)17-31-20-10-7-18(8-11-20)26(28)29;1-2(3)4/h4-12,14,16,31H,3,13,15,17H2,1-2H3,(H3,28,29);1H3,(H,3,4). The van der Waals surface area contributed by atoms with Crippen molar-refractivity contribution in [2.24, 2.45) is 12.8 Å². The van der Waals surface area contributed by atoms with Gasteiger partial charge >= 0.3 is 5.97 Å². The highest BCUT2D eigenvalue weighted by molar-refractivity contribution is 6.07. The van der Waals surface area contributed by atoms with Crippen LogP contribution in [0.25, 0.3) is 11.0 Å². The first kappa shape index (κ1) is 30.3. The number of aliphatic carboxylic acids is 1. The number of nitrogens with two attached hydrogens (primary N) is 1. The van der Waals surface area contributed by atoms with Crippen LogP contribution in [0.5, 0.6) is 0 Å². The number of aryl methyl sites for hydroxylation is 1. The summed E-state index contributed by atoms with van der Waals surface area (Å²) >= 11 is 0. The molecule has 2 aromatic carbocycles. The lowest BCUT2D eigenvalue weighted by Crippen LogP contribution is -2.34. The number of amidine groups is 1. The smallest absolute Gasteiger partial charge is 0.307 e. The van der Waals surface area contributed by atoms with E-state index in [-0.39, 0.29) is 37.3 Å². The lowest BCUT2D eigenvalue weighted by Gasteiger charge is -2.21. The van der Waals surface area contributed by atoms with E-state index in [1.54, 1.807) is 55.6 Å². The van der Waals surface area contributed by atoms with Gasteiger partial charge in [-0.15, -0.1) is 0 Å². The van der Waals surface area contributed by atoms with Crippen LogP contribution in [-0.2, 0) is 27.9 Å². The van der Waals surface area contributed by atoms with Crippen LogP contribution in [0, 0.1) is 5.41 Å². The molecule has 0 aliphatic rings. The van der Waals surface area contributed by atoms with Crippen molar-refractivity contribution >= 4 is 46.2 Å². The molecule has 4 aromatic rings. The number of aromatic nitrogens is 3. The average Bonchev–Trinajstić information content (AvgIpc) is 3.27. The number of nitrogens with one attached hydrogen (secondary N) is 2. The Labute approximate surface area is 237 Å². The number of hydrogen-bond donors (Lipinski definition) is 4. The Balaban J connectivity index is 0.00000108. The number of carbonyl (C=O) groups is 3. The Bertz CT molecular complexity index is 1510. The zero-order valence-electron chi connectivity index (χ0n) is 23.1. The molecule has 4 rings (SSSR count). The summed E-state index contributed by atoms with van der Waals surface area (Å²) in [6.45, 7) is 3.73. The molecule has 0 aliphatic carbocycles. The van der Waals surface area contributed by atoms with Gasteiger partial charge in [-0.25, -0.2) is 9.97 Å². The summed E-state index contributed by atoms with van der Waals surface area (Å²) in [6.07, 6.45) is 1.67. The molecule has 41 heavy (non-hydrogen) atoms. The fourth-order valence-corrected chi connectivity index (χ4v) is 3.92. The first-order chi connectivity index (χ1) is 19.6. The molecule has 0 unspecified atom stereocenters. The molecule has 0 bridgehead atoms. The number of rotatable bonds is 10. The summed E-state index contributed by atoms with van der Waals surface area (Å²) in [5.74, 6) is -0.210. The van der Waals surface area contributed by atoms with E-state index in [1.165, 1.54) is 4.90 Å². The van der Waals surface area contributed by atoms with Gasteiger partial charge in [0, 0.05) is 43.5 Å². The molecule has 5 N–H and O–H groups in total. The highest BCUT2D eigenvalue weighted by Gasteiger charge is 2.21. The maximum atomic E-state index is 13.5. The molecular weight excluding hydrogens is 526 g/mol. The molecule has 214 valence electrons. The zero-order valence-corrected chi connectivity index (χ0v) is 23.1. The predicted molar refractivity (Wildman–Crippen MR) is 156 cm³/mol. The van der Waals surface area contributed by atoms with Crippen molar-refractivity contribution in [3.8, 4) is 0 Å². The SMILES string of the molecule is CC(=O)O.CCOC(=O)CCN(C(=O)c1ccc2c(c1)nc(CNc1ccc(C(=N)N)cc1)n2C)c1ccccn1. The molecule has 12 heteroatoms. The van der Waals surface area contributed by atoms with Crippen molar-refractivity contribution in [1.82, 2.24) is 14.5 Å². The van der Waals surface area contributed by atoms with Gasteiger partial charge in [0.05, 0.1) is 30.6 Å². The minimum Gasteiger partial charge on any atom is -0.481 e. The van der Waals surface area contributed by atoms with Crippen molar-refractivity contribution in [1.29, 1.82) is 5.41 Å². The monoisotopic (exact) mass is 559 g/mol. The minimum atomic E-state index is -0.833. The average molecular weight is 560 g/mol. The van der Waals surface area contributed by atoms with Crippen LogP contribution >= 0.6 is 0 Å². The highest BCUT2D eigenvalue weighted by Crippen LogP contribution is 2.21. The summed E-state index contributed by atoms with van der Waals surface area (Å²) < 4.78 is 7.00. The van der Waals surface area contributed by atoms with E-state index in [1.807, 2.05) is 29.8 Å². The molecule has 2 aromatic heterocycles. The van der Waals surface area contributed by atoms with E-state index in [0.29, 0.717) is 29.0 Å². The van der Waals surface area contributed by atoms with Crippen molar-refractivity contribution in [2.75, 3.05) is 23.4 Å². The van der Waals surface area contributed by atoms with Gasteiger partial charge in [-0.05, 0) is 61.5 Å². The van der Waals surface area contributed by atoms with E-state index in [4.69, 9.17) is 30.8 Å². The van der Waals surface area contributed by atoms with Crippen LogP contribution in [0.15, 0.2) is 66.9 Å². The van der Waals surface area contributed by atoms with Gasteiger partial charge in [0.15, 0.2) is 0 Å². The third-order valence-electron chi connectivity index (χ3n) is 5.88. The van der Waals surface area contributed by atoms with Gasteiger partial charge in [0.1, 0.15) is 17.5 Å². The second-order valence-electron chi connectivity index (χ2n) is 8.85. The number of fused-ring (bicyclic) bond motifs is 1. The summed E-state index contributed by atoms with van der Waals surface area (Å²) in [6, 6.07) is 18.0. The number of ether oxygens (including phenoxy) is 1. The Morgan fingerprint density at radius 1 is 1.10 bits per heavy atom. The number of nitrogens with zero attached hydrogens (tertiary/aromatic N) is 4. The molecular formula is C29H33N7O5. The number of imidazole rings is 1. The number of amides is 1. The quantitative estimate of drug-likeness (QED) is 0.128. The number of hydrogen-bond acceptors (Lipinski definition) is 8. The fourth-order valence-electron chi connectivity index (χ4n) is 3.92. The van der Waals surface area contributed by atoms with Crippen LogP contribution in [-0.4, -0.2) is 56.5 Å². The lowest BCUT2D eigenvalue weighted by molar-refractivity contribution is -0.142. The molecule has 1 amide bonds. The van der Waals surface area contributed by atoms with E-state index in [9.17, 15) is 9.59 Å². The van der Waals surface area contributed by atoms with Gasteiger partial charge in [-0.1, -0.05) is 6.07 Å². The molecule has 0 aliphatic heterocycles. The summed E-state index contributed by atoms with van der Waals surface area (Å²) in [5, 5.41) is 18.2. The van der Waals surface area contributed by atoms with E-state index in [0.717, 1.165) is 24.0 Å². The number of nitrogen functional groups attached to an aromatic ring is 1. The van der Waals surface area contributed by atoms with Crippen LogP contribution in [0.3, 0.4) is 0 Å². The maximum Gasteiger partial charge on any atom is 0.307 e. The largest absolute Gasteiger partial charge is 0.481 e. The maximum absolute atomic E-state index is 13.5. The topological polar surface area (TPSA) is 177 Å². The zero-order chi connectivity index (χ0) is 29.9. The van der Waals surface area contributed by atoms with Gasteiger partial charge in [-0.2, -0.15) is 0 Å². The number of carbonyl (C=O) groups excluding carboxylic acids is 2. The molecule has 2 heterocycles. The Morgan fingerprint density at radius 2 is 1.78 bits per heavy atom. The number of anilines is 2. The van der Waals surface area contributed by atoms with Crippen molar-refractivity contribution in [3.63, 3.8) is 0 Å². The number of pyridine rings is 1. The molecule has 0 atom stereocenters. The Hall–Kier alpha value is -5.26. The molecule has 12 nitrogen and oxygen atoms in total. The predicted octanol–water partition coefficient (Wildman–Crippen LogP) is 3.56. The Morgan fingerprint density at radius 3 is 2.39 bits per heavy atom. The first-order valence-electron chi connectivity index (χ1n) is 12.8. The van der Waals surface area contributed by atoms with Crippen molar-refractivity contribution < 1.29 is 24.2 Å². The van der Waals surface area contributed by atoms with E-state index < -0.39 is 5.97 Å². The normalized spacial score (nSPS) is 10.3. The van der Waals surface area contributed by atoms with Gasteiger partial charge < -0.3 is 25.5 Å². The molecule has 0 saturated carbocycles. The second kappa shape index (κ2) is 14.2. The lowest BCUT2D eigenvalue weighted by atomic mass is 10.1. The molecule has 0 radical (unpaired) electrons. The van der Waals surface area contributed by atoms with E-state index >= 15 is 0 Å². The highest BCUT2D eigenvalue weighted by atomic mass is 16.5. The fraction of sp³-hybridized carbons (Fsp3) is 0.241. The third kappa shape index (κ3) is 8.36. The number of benzene rings is 2. The van der Waals surface area contributed by atoms with Crippen LogP contribution in [0.4, 0.5) is 11.5 Å². The van der Waals surface area contributed by atoms with Gasteiger partial charge in [0.25, 0.3) is 11.9 Å². The first-order valence-corrected chi connectivity index (χ1v) is 12.8. The molecule has 0 fully saturated rings. The van der Waals surface area contributed by atoms with Crippen LogP contribution in [0.2, 0.25) is 0 Å². The van der Waals surface area contributed by atoms with Gasteiger partial charge in [-0.3, -0.25) is 24.7 Å². The number of esters is 1. The van der Waals surface area contributed by atoms with Crippen molar-refractivity contribution in [2.45, 2.75) is 26.8 Å². The second-order valence-corrected chi connectivity index (χ2v) is 8.85. The summed E-state index contributed by atoms with van der Waals surface area (Å²) in [7, 11) is 1.92. The Kier molecular flexibility index (Phi) is 10.5. The van der Waals surface area contributed by atoms with Crippen LogP contribution < -0.4 is 16.0 Å². The molecule has 0 spiro atoms. The summed E-state index contributed by atoms with van der Waals surface area (Å²) in [4.78, 5) is 45.0. The number of carboxylic acids is 1. The third-order valence-corrected chi connectivity index (χ3v) is 5.88. The minimum absolute atomic E-state index is 0.0229. The van der Waals surface area contributed by atoms with Crippen LogP contribution in [0.1, 0.15) is 42.0 Å². The number of carboxylic acid groups (broad SMARTS) is 1. The van der Waals surface area contributed by atoms with E-state index in [2.05, 4.69) is 10.3 Å². The van der Waals surface area contributed by atoms with Gasteiger partial charge in [0.2, 0.25) is 0 Å².